The number of benzene rings is 2. The highest BCUT2D eigenvalue weighted by molar-refractivity contribution is 7.86. The summed E-state index contributed by atoms with van der Waals surface area (Å²) in [7, 11) is -1.81. The second-order valence-electron chi connectivity index (χ2n) is 8.30. The van der Waals surface area contributed by atoms with Crippen LogP contribution in [0.25, 0.3) is 0 Å². The van der Waals surface area contributed by atoms with Crippen LogP contribution < -0.4 is 15.5 Å². The molecule has 0 spiro atoms. The van der Waals surface area contributed by atoms with Crippen molar-refractivity contribution in [1.82, 2.24) is 5.32 Å². The minimum Gasteiger partial charge on any atom is -0.350 e. The molecule has 2 atom stereocenters. The number of carbonyl (C=O) groups is 3. The van der Waals surface area contributed by atoms with Crippen molar-refractivity contribution < 1.29 is 23.0 Å². The lowest BCUT2D eigenvalue weighted by Crippen LogP contribution is -2.53. The number of anilines is 2. The van der Waals surface area contributed by atoms with E-state index in [1.54, 1.807) is 37.3 Å². The van der Waals surface area contributed by atoms with E-state index in [2.05, 4.69) is 10.6 Å². The minimum absolute atomic E-state index is 0.352. The fourth-order valence-electron chi connectivity index (χ4n) is 2.90. The van der Waals surface area contributed by atoms with Gasteiger partial charge in [-0.1, -0.05) is 18.2 Å². The highest BCUT2D eigenvalue weighted by atomic mass is 32.2. The molecule has 172 valence electrons. The number of halogens is 1. The van der Waals surface area contributed by atoms with Crippen LogP contribution in [0.5, 0.6) is 0 Å². The van der Waals surface area contributed by atoms with Crippen molar-refractivity contribution in [3.05, 3.63) is 60.4 Å². The molecule has 2 rings (SSSR count). The molecule has 0 aromatic heterocycles. The lowest BCUT2D eigenvalue weighted by molar-refractivity contribution is -0.126. The molecule has 0 saturated carbocycles. The molecular weight excluding hydrogens is 433 g/mol. The molecule has 0 aliphatic heterocycles. The van der Waals surface area contributed by atoms with E-state index in [4.69, 9.17) is 0 Å². The molecule has 0 fully saturated rings. The number of rotatable bonds is 8. The zero-order chi connectivity index (χ0) is 23.9. The Morgan fingerprint density at radius 2 is 1.59 bits per heavy atom. The van der Waals surface area contributed by atoms with Crippen LogP contribution in [0, 0.1) is 5.82 Å². The summed E-state index contributed by atoms with van der Waals surface area (Å²) in [6, 6.07) is 12.9. The predicted octanol–water partition coefficient (Wildman–Crippen LogP) is 2.85. The second-order valence-corrected chi connectivity index (χ2v) is 9.76. The molecule has 0 heterocycles. The van der Waals surface area contributed by atoms with E-state index in [0.717, 1.165) is 0 Å². The molecule has 0 bridgehead atoms. The van der Waals surface area contributed by atoms with Crippen LogP contribution in [-0.4, -0.2) is 45.0 Å². The van der Waals surface area contributed by atoms with Gasteiger partial charge in [0.2, 0.25) is 17.7 Å². The lowest BCUT2D eigenvalue weighted by atomic mass is 10.1. The fraction of sp³-hybridized carbons (Fsp3) is 0.348. The van der Waals surface area contributed by atoms with Crippen LogP contribution in [0.15, 0.2) is 54.6 Å². The molecular formula is C23H28FN3O4S. The molecule has 9 heteroatoms. The highest BCUT2D eigenvalue weighted by Crippen LogP contribution is 2.18. The van der Waals surface area contributed by atoms with E-state index < -0.39 is 51.5 Å². The standard InChI is InChI=1S/C23H28FN3O4S/c1-16(22(30)26-23(2,3)4)27(19-8-6-5-7-9-19)21(29)15-32(31)14-20(28)25-18-12-10-17(24)11-13-18/h5-13,16H,14-15H2,1-4H3,(H,25,28)(H,26,30). The number of para-hydroxylation sites is 1. The Bertz CT molecular complexity index is 975. The topological polar surface area (TPSA) is 95.6 Å². The van der Waals surface area contributed by atoms with Gasteiger partial charge in [-0.3, -0.25) is 23.5 Å². The average Bonchev–Trinajstić information content (AvgIpc) is 2.69. The third kappa shape index (κ3) is 7.88. The van der Waals surface area contributed by atoms with Gasteiger partial charge >= 0.3 is 0 Å². The van der Waals surface area contributed by atoms with E-state index in [1.807, 2.05) is 20.8 Å². The molecule has 0 radical (unpaired) electrons. The van der Waals surface area contributed by atoms with E-state index in [1.165, 1.54) is 29.2 Å². The molecule has 2 aromatic carbocycles. The van der Waals surface area contributed by atoms with Gasteiger partial charge in [-0.15, -0.1) is 0 Å². The van der Waals surface area contributed by atoms with Gasteiger partial charge in [0.25, 0.3) is 0 Å². The van der Waals surface area contributed by atoms with Crippen molar-refractivity contribution in [2.24, 2.45) is 0 Å². The van der Waals surface area contributed by atoms with Gasteiger partial charge in [0.1, 0.15) is 23.4 Å². The summed E-state index contributed by atoms with van der Waals surface area (Å²) >= 11 is 0. The maximum absolute atomic E-state index is 13.0. The molecule has 2 unspecified atom stereocenters. The van der Waals surface area contributed by atoms with E-state index >= 15 is 0 Å². The number of amides is 3. The number of nitrogens with zero attached hydrogens (tertiary/aromatic N) is 1. The van der Waals surface area contributed by atoms with Crippen molar-refractivity contribution in [1.29, 1.82) is 0 Å². The first-order valence-electron chi connectivity index (χ1n) is 10.1. The van der Waals surface area contributed by atoms with Crippen molar-refractivity contribution in [3.63, 3.8) is 0 Å². The quantitative estimate of drug-likeness (QED) is 0.632. The van der Waals surface area contributed by atoms with Gasteiger partial charge in [-0.25, -0.2) is 4.39 Å². The summed E-state index contributed by atoms with van der Waals surface area (Å²) in [5.41, 5.74) is 0.359. The number of nitrogens with one attached hydrogen (secondary N) is 2. The molecule has 0 aliphatic carbocycles. The monoisotopic (exact) mass is 461 g/mol. The Kier molecular flexibility index (Phi) is 8.65. The Morgan fingerprint density at radius 3 is 2.16 bits per heavy atom. The SMILES string of the molecule is CC(C(=O)NC(C)(C)C)N(C(=O)CS(=O)CC(=O)Nc1ccc(F)cc1)c1ccccc1. The minimum atomic E-state index is -1.81. The summed E-state index contributed by atoms with van der Waals surface area (Å²) in [6.45, 7) is 7.10. The van der Waals surface area contributed by atoms with E-state index in [-0.39, 0.29) is 5.91 Å². The summed E-state index contributed by atoms with van der Waals surface area (Å²) in [5, 5.41) is 5.35. The van der Waals surface area contributed by atoms with Crippen LogP contribution in [0.3, 0.4) is 0 Å². The van der Waals surface area contributed by atoms with Gasteiger partial charge in [-0.05, 0) is 64.1 Å². The molecule has 0 aliphatic rings. The van der Waals surface area contributed by atoms with Crippen LogP contribution in [-0.2, 0) is 25.2 Å². The summed E-state index contributed by atoms with van der Waals surface area (Å²) in [4.78, 5) is 39.1. The van der Waals surface area contributed by atoms with Crippen molar-refractivity contribution in [3.8, 4) is 0 Å². The smallest absolute Gasteiger partial charge is 0.243 e. The third-order valence-electron chi connectivity index (χ3n) is 4.27. The maximum atomic E-state index is 13.0. The van der Waals surface area contributed by atoms with Gasteiger partial charge in [0, 0.05) is 27.7 Å². The average molecular weight is 462 g/mol. The van der Waals surface area contributed by atoms with Crippen LogP contribution in [0.1, 0.15) is 27.7 Å². The Labute approximate surface area is 189 Å². The van der Waals surface area contributed by atoms with Crippen molar-refractivity contribution >= 4 is 39.9 Å². The third-order valence-corrected chi connectivity index (χ3v) is 5.43. The predicted molar refractivity (Wildman–Crippen MR) is 124 cm³/mol. The summed E-state index contributed by atoms with van der Waals surface area (Å²) < 4.78 is 25.5. The zero-order valence-electron chi connectivity index (χ0n) is 18.6. The van der Waals surface area contributed by atoms with Crippen LogP contribution in [0.2, 0.25) is 0 Å². The Hall–Kier alpha value is -3.07. The van der Waals surface area contributed by atoms with Gasteiger partial charge in [0.15, 0.2) is 0 Å². The molecule has 0 saturated heterocycles. The Morgan fingerprint density at radius 1 is 1.00 bits per heavy atom. The van der Waals surface area contributed by atoms with Crippen LogP contribution in [0.4, 0.5) is 15.8 Å². The summed E-state index contributed by atoms with van der Waals surface area (Å²) in [5.74, 6) is -2.74. The van der Waals surface area contributed by atoms with Crippen molar-refractivity contribution in [2.45, 2.75) is 39.3 Å². The largest absolute Gasteiger partial charge is 0.350 e. The molecule has 2 N–H and O–H groups in total. The molecule has 32 heavy (non-hydrogen) atoms. The van der Waals surface area contributed by atoms with Gasteiger partial charge < -0.3 is 10.6 Å². The normalized spacial score (nSPS) is 13.0. The fourth-order valence-corrected chi connectivity index (χ4v) is 3.78. The van der Waals surface area contributed by atoms with E-state index in [9.17, 15) is 23.0 Å². The zero-order valence-corrected chi connectivity index (χ0v) is 19.4. The highest BCUT2D eigenvalue weighted by Gasteiger charge is 2.30. The number of hydrogen-bond donors (Lipinski definition) is 2. The first kappa shape index (κ1) is 25.2. The molecule has 2 aromatic rings. The van der Waals surface area contributed by atoms with Gasteiger partial charge in [-0.2, -0.15) is 0 Å². The first-order valence-corrected chi connectivity index (χ1v) is 11.5. The lowest BCUT2D eigenvalue weighted by Gasteiger charge is -2.31. The number of carbonyl (C=O) groups excluding carboxylic acids is 3. The van der Waals surface area contributed by atoms with Crippen molar-refractivity contribution in [2.75, 3.05) is 21.7 Å². The molecule has 7 nitrogen and oxygen atoms in total. The molecule has 3 amide bonds. The van der Waals surface area contributed by atoms with Gasteiger partial charge in [0.05, 0.1) is 0 Å². The number of hydrogen-bond acceptors (Lipinski definition) is 4. The second kappa shape index (κ2) is 11.0. The summed E-state index contributed by atoms with van der Waals surface area (Å²) in [6.07, 6.45) is 0. The Balaban J connectivity index is 2.08. The first-order chi connectivity index (χ1) is 15.0. The van der Waals surface area contributed by atoms with E-state index in [0.29, 0.717) is 11.4 Å². The maximum Gasteiger partial charge on any atom is 0.243 e. The van der Waals surface area contributed by atoms with Crippen LogP contribution >= 0.6 is 0 Å².